The average Bonchev–Trinajstić information content (AvgIpc) is 2.11. The van der Waals surface area contributed by atoms with Gasteiger partial charge in [-0.25, -0.2) is 8.78 Å². The van der Waals surface area contributed by atoms with E-state index in [-0.39, 0.29) is 11.7 Å². The molecule has 0 amide bonds. The molecule has 0 spiro atoms. The zero-order valence-electron chi connectivity index (χ0n) is 7.77. The highest BCUT2D eigenvalue weighted by Crippen LogP contribution is 2.19. The number of anilines is 1. The molecule has 0 bridgehead atoms. The van der Waals surface area contributed by atoms with E-state index in [0.29, 0.717) is 0 Å². The molecule has 3 heteroatoms. The second-order valence-corrected chi connectivity index (χ2v) is 3.05. The molecular weight excluding hydrogens is 172 g/mol. The predicted octanol–water partition coefficient (Wildman–Crippen LogP) is 3.18. The van der Waals surface area contributed by atoms with Gasteiger partial charge in [0, 0.05) is 6.04 Å². The van der Waals surface area contributed by atoms with Crippen molar-refractivity contribution in [3.63, 3.8) is 0 Å². The number of benzene rings is 1. The van der Waals surface area contributed by atoms with Gasteiger partial charge in [-0.05, 0) is 25.5 Å². The Kier molecular flexibility index (Phi) is 3.23. The first-order chi connectivity index (χ1) is 6.15. The van der Waals surface area contributed by atoms with Gasteiger partial charge in [-0.15, -0.1) is 0 Å². The van der Waals surface area contributed by atoms with Gasteiger partial charge in [0.25, 0.3) is 0 Å². The summed E-state index contributed by atoms with van der Waals surface area (Å²) in [6, 6.07) is 3.92. The summed E-state index contributed by atoms with van der Waals surface area (Å²) < 4.78 is 26.1. The molecule has 0 aliphatic rings. The first-order valence-electron chi connectivity index (χ1n) is 4.35. The minimum atomic E-state index is -0.541. The molecule has 13 heavy (non-hydrogen) atoms. The van der Waals surface area contributed by atoms with E-state index in [0.717, 1.165) is 6.42 Å². The summed E-state index contributed by atoms with van der Waals surface area (Å²) in [7, 11) is 0. The van der Waals surface area contributed by atoms with Gasteiger partial charge in [0.15, 0.2) is 0 Å². The zero-order chi connectivity index (χ0) is 9.84. The van der Waals surface area contributed by atoms with Crippen LogP contribution >= 0.6 is 0 Å². The van der Waals surface area contributed by atoms with Crippen LogP contribution in [0.5, 0.6) is 0 Å². The number of para-hydroxylation sites is 1. The van der Waals surface area contributed by atoms with Gasteiger partial charge in [0.05, 0.1) is 0 Å². The normalized spacial score (nSPS) is 12.6. The van der Waals surface area contributed by atoms with Crippen LogP contribution in [0.4, 0.5) is 14.5 Å². The summed E-state index contributed by atoms with van der Waals surface area (Å²) >= 11 is 0. The first kappa shape index (κ1) is 9.96. The summed E-state index contributed by atoms with van der Waals surface area (Å²) in [6.45, 7) is 3.84. The maximum Gasteiger partial charge on any atom is 0.149 e. The topological polar surface area (TPSA) is 12.0 Å². The van der Waals surface area contributed by atoms with Crippen molar-refractivity contribution in [2.24, 2.45) is 0 Å². The molecule has 0 saturated carbocycles. The largest absolute Gasteiger partial charge is 0.378 e. The summed E-state index contributed by atoms with van der Waals surface area (Å²) in [5.41, 5.74) is -0.0307. The third-order valence-corrected chi connectivity index (χ3v) is 1.97. The molecule has 0 heterocycles. The van der Waals surface area contributed by atoms with E-state index in [4.69, 9.17) is 0 Å². The fraction of sp³-hybridized carbons (Fsp3) is 0.400. The van der Waals surface area contributed by atoms with Crippen LogP contribution in [-0.4, -0.2) is 6.04 Å². The third kappa shape index (κ3) is 2.41. The minimum Gasteiger partial charge on any atom is -0.378 e. The summed E-state index contributed by atoms with van der Waals surface area (Å²) in [6.07, 6.45) is 0.827. The van der Waals surface area contributed by atoms with Gasteiger partial charge in [-0.1, -0.05) is 13.0 Å². The lowest BCUT2D eigenvalue weighted by molar-refractivity contribution is 0.582. The second kappa shape index (κ2) is 4.21. The van der Waals surface area contributed by atoms with Crippen molar-refractivity contribution in [3.8, 4) is 0 Å². The van der Waals surface area contributed by atoms with E-state index < -0.39 is 11.6 Å². The maximum atomic E-state index is 13.0. The number of hydrogen-bond donors (Lipinski definition) is 1. The highest BCUT2D eigenvalue weighted by atomic mass is 19.1. The SMILES string of the molecule is CCC(C)Nc1c(F)cccc1F. The Bertz CT molecular complexity index is 266. The first-order valence-corrected chi connectivity index (χ1v) is 4.35. The summed E-state index contributed by atoms with van der Waals surface area (Å²) in [4.78, 5) is 0. The highest BCUT2D eigenvalue weighted by molar-refractivity contribution is 5.46. The highest BCUT2D eigenvalue weighted by Gasteiger charge is 2.09. The molecule has 1 N–H and O–H groups in total. The van der Waals surface area contributed by atoms with E-state index in [2.05, 4.69) is 5.32 Å². The Balaban J connectivity index is 2.87. The quantitative estimate of drug-likeness (QED) is 0.762. The second-order valence-electron chi connectivity index (χ2n) is 3.05. The van der Waals surface area contributed by atoms with Gasteiger partial charge in [0.2, 0.25) is 0 Å². The molecule has 0 aromatic heterocycles. The van der Waals surface area contributed by atoms with Crippen LogP contribution in [0.25, 0.3) is 0 Å². The number of rotatable bonds is 3. The molecule has 1 aromatic carbocycles. The van der Waals surface area contributed by atoms with Crippen molar-refractivity contribution in [2.75, 3.05) is 5.32 Å². The lowest BCUT2D eigenvalue weighted by atomic mass is 10.2. The van der Waals surface area contributed by atoms with E-state index in [1.165, 1.54) is 18.2 Å². The lowest BCUT2D eigenvalue weighted by Crippen LogP contribution is -2.15. The molecule has 0 saturated heterocycles. The van der Waals surface area contributed by atoms with Crippen molar-refractivity contribution < 1.29 is 8.78 Å². The Morgan fingerprint density at radius 1 is 1.31 bits per heavy atom. The molecule has 0 aliphatic carbocycles. The van der Waals surface area contributed by atoms with Gasteiger partial charge < -0.3 is 5.32 Å². The number of halogens is 2. The van der Waals surface area contributed by atoms with E-state index >= 15 is 0 Å². The Morgan fingerprint density at radius 3 is 2.31 bits per heavy atom. The predicted molar refractivity (Wildman–Crippen MR) is 49.7 cm³/mol. The van der Waals surface area contributed by atoms with Crippen LogP contribution in [0, 0.1) is 11.6 Å². The zero-order valence-corrected chi connectivity index (χ0v) is 7.77. The Labute approximate surface area is 76.8 Å². The molecule has 72 valence electrons. The van der Waals surface area contributed by atoms with Crippen LogP contribution in [0.3, 0.4) is 0 Å². The van der Waals surface area contributed by atoms with Crippen LogP contribution < -0.4 is 5.32 Å². The number of nitrogens with one attached hydrogen (secondary N) is 1. The van der Waals surface area contributed by atoms with Crippen LogP contribution in [0.15, 0.2) is 18.2 Å². The van der Waals surface area contributed by atoms with E-state index in [1.54, 1.807) is 0 Å². The third-order valence-electron chi connectivity index (χ3n) is 1.97. The molecule has 0 aliphatic heterocycles. The van der Waals surface area contributed by atoms with Gasteiger partial charge in [-0.2, -0.15) is 0 Å². The van der Waals surface area contributed by atoms with Crippen molar-refractivity contribution >= 4 is 5.69 Å². The smallest absolute Gasteiger partial charge is 0.149 e. The monoisotopic (exact) mass is 185 g/mol. The average molecular weight is 185 g/mol. The van der Waals surface area contributed by atoms with E-state index in [9.17, 15) is 8.78 Å². The molecule has 1 aromatic rings. The molecule has 1 rings (SSSR count). The fourth-order valence-electron chi connectivity index (χ4n) is 0.984. The van der Waals surface area contributed by atoms with Crippen LogP contribution in [-0.2, 0) is 0 Å². The molecule has 0 radical (unpaired) electrons. The van der Waals surface area contributed by atoms with Crippen molar-refractivity contribution in [3.05, 3.63) is 29.8 Å². The standard InChI is InChI=1S/C10H13F2N/c1-3-7(2)13-10-8(11)5-4-6-9(10)12/h4-7,13H,3H2,1-2H3. The maximum absolute atomic E-state index is 13.0. The van der Waals surface area contributed by atoms with E-state index in [1.807, 2.05) is 13.8 Å². The van der Waals surface area contributed by atoms with Gasteiger partial charge >= 0.3 is 0 Å². The summed E-state index contributed by atoms with van der Waals surface area (Å²) in [5, 5.41) is 2.78. The Hall–Kier alpha value is -1.12. The molecule has 1 nitrogen and oxygen atoms in total. The Morgan fingerprint density at radius 2 is 1.85 bits per heavy atom. The lowest BCUT2D eigenvalue weighted by Gasteiger charge is -2.13. The number of hydrogen-bond acceptors (Lipinski definition) is 1. The molecule has 1 unspecified atom stereocenters. The van der Waals surface area contributed by atoms with Crippen molar-refractivity contribution in [1.29, 1.82) is 0 Å². The van der Waals surface area contributed by atoms with Crippen LogP contribution in [0.1, 0.15) is 20.3 Å². The minimum absolute atomic E-state index is 0.0307. The van der Waals surface area contributed by atoms with Gasteiger partial charge in [0.1, 0.15) is 17.3 Å². The fourth-order valence-corrected chi connectivity index (χ4v) is 0.984. The molecule has 1 atom stereocenters. The molecule has 0 fully saturated rings. The summed E-state index contributed by atoms with van der Waals surface area (Å²) in [5.74, 6) is -1.08. The molecular formula is C10H13F2N. The van der Waals surface area contributed by atoms with Gasteiger partial charge in [-0.3, -0.25) is 0 Å². The van der Waals surface area contributed by atoms with Crippen LogP contribution in [0.2, 0.25) is 0 Å². The van der Waals surface area contributed by atoms with Crippen molar-refractivity contribution in [2.45, 2.75) is 26.3 Å². The van der Waals surface area contributed by atoms with Crippen molar-refractivity contribution in [1.82, 2.24) is 0 Å².